The van der Waals surface area contributed by atoms with E-state index in [0.29, 0.717) is 17.1 Å². The van der Waals surface area contributed by atoms with Crippen LogP contribution in [-0.2, 0) is 0 Å². The van der Waals surface area contributed by atoms with Gasteiger partial charge in [0.15, 0.2) is 0 Å². The molecule has 1 rings (SSSR count). The van der Waals surface area contributed by atoms with E-state index >= 15 is 0 Å². The molecule has 0 aliphatic rings. The lowest BCUT2D eigenvalue weighted by atomic mass is 10.2. The van der Waals surface area contributed by atoms with Crippen LogP contribution in [-0.4, -0.2) is 31.6 Å². The van der Waals surface area contributed by atoms with Crippen molar-refractivity contribution in [3.63, 3.8) is 0 Å². The standard InChI is InChI=1S/C10H13N3O4/c1-16-6-3-8(14)7(9(4-6)17-2)5-12-13-10(11)15/h3-5,14H,1-2H3,(H3,11,13,15)/b12-5+. The third-order valence-corrected chi connectivity index (χ3v) is 1.92. The number of rotatable bonds is 4. The van der Waals surface area contributed by atoms with Crippen LogP contribution in [0.3, 0.4) is 0 Å². The number of urea groups is 1. The molecule has 1 aromatic rings. The van der Waals surface area contributed by atoms with Gasteiger partial charge in [-0.05, 0) is 0 Å². The minimum Gasteiger partial charge on any atom is -0.507 e. The molecule has 0 radical (unpaired) electrons. The number of nitrogens with zero attached hydrogens (tertiary/aromatic N) is 1. The zero-order valence-corrected chi connectivity index (χ0v) is 9.43. The summed E-state index contributed by atoms with van der Waals surface area (Å²) in [5, 5.41) is 13.2. The summed E-state index contributed by atoms with van der Waals surface area (Å²) in [6, 6.07) is 2.17. The highest BCUT2D eigenvalue weighted by atomic mass is 16.5. The maximum atomic E-state index is 10.4. The molecule has 0 bridgehead atoms. The van der Waals surface area contributed by atoms with Gasteiger partial charge < -0.3 is 20.3 Å². The highest BCUT2D eigenvalue weighted by Crippen LogP contribution is 2.31. The fraction of sp³-hybridized carbons (Fsp3) is 0.200. The van der Waals surface area contributed by atoms with Gasteiger partial charge in [0.25, 0.3) is 0 Å². The summed E-state index contributed by atoms with van der Waals surface area (Å²) in [5.41, 5.74) is 7.15. The van der Waals surface area contributed by atoms with Gasteiger partial charge in [-0.25, -0.2) is 10.2 Å². The van der Waals surface area contributed by atoms with Gasteiger partial charge in [0, 0.05) is 12.1 Å². The number of ether oxygens (including phenoxy) is 2. The molecule has 0 saturated carbocycles. The Kier molecular flexibility index (Phi) is 4.15. The minimum atomic E-state index is -0.798. The first-order valence-corrected chi connectivity index (χ1v) is 4.62. The second kappa shape index (κ2) is 5.59. The molecule has 7 heteroatoms. The number of phenolic OH excluding ortho intramolecular Hbond substituents is 1. The summed E-state index contributed by atoms with van der Waals surface area (Å²) >= 11 is 0. The van der Waals surface area contributed by atoms with Crippen molar-refractivity contribution in [1.82, 2.24) is 5.43 Å². The lowest BCUT2D eigenvalue weighted by Gasteiger charge is -2.09. The van der Waals surface area contributed by atoms with Crippen molar-refractivity contribution in [3.8, 4) is 17.2 Å². The summed E-state index contributed by atoms with van der Waals surface area (Å²) in [6.07, 6.45) is 1.22. The van der Waals surface area contributed by atoms with Crippen molar-refractivity contribution in [1.29, 1.82) is 0 Å². The van der Waals surface area contributed by atoms with Crippen LogP contribution in [0.2, 0.25) is 0 Å². The number of carbonyl (C=O) groups excluding carboxylic acids is 1. The maximum Gasteiger partial charge on any atom is 0.332 e. The average Bonchev–Trinajstić information content (AvgIpc) is 2.30. The maximum absolute atomic E-state index is 10.4. The monoisotopic (exact) mass is 239 g/mol. The van der Waals surface area contributed by atoms with E-state index in [1.54, 1.807) is 6.07 Å². The van der Waals surface area contributed by atoms with Gasteiger partial charge in [-0.2, -0.15) is 5.10 Å². The number of carbonyl (C=O) groups is 1. The molecule has 7 nitrogen and oxygen atoms in total. The Balaban J connectivity index is 3.05. The Morgan fingerprint density at radius 3 is 2.71 bits per heavy atom. The van der Waals surface area contributed by atoms with E-state index < -0.39 is 6.03 Å². The molecule has 92 valence electrons. The topological polar surface area (TPSA) is 106 Å². The number of phenols is 1. The minimum absolute atomic E-state index is 0.0868. The van der Waals surface area contributed by atoms with Crippen LogP contribution in [0.25, 0.3) is 0 Å². The normalized spacial score (nSPS) is 10.2. The number of amides is 2. The molecule has 0 heterocycles. The number of nitrogens with two attached hydrogens (primary N) is 1. The van der Waals surface area contributed by atoms with Crippen LogP contribution in [0.1, 0.15) is 5.56 Å². The first-order chi connectivity index (χ1) is 8.08. The summed E-state index contributed by atoms with van der Waals surface area (Å²) in [7, 11) is 2.91. The quantitative estimate of drug-likeness (QED) is 0.522. The van der Waals surface area contributed by atoms with E-state index in [0.717, 1.165) is 0 Å². The summed E-state index contributed by atoms with van der Waals surface area (Å²) in [4.78, 5) is 10.4. The highest BCUT2D eigenvalue weighted by molar-refractivity contribution is 5.88. The van der Waals surface area contributed by atoms with Gasteiger partial charge in [-0.15, -0.1) is 0 Å². The molecule has 0 fully saturated rings. The molecule has 0 saturated heterocycles. The van der Waals surface area contributed by atoms with Crippen molar-refractivity contribution in [2.24, 2.45) is 10.8 Å². The van der Waals surface area contributed by atoms with Crippen LogP contribution in [0.4, 0.5) is 4.79 Å². The van der Waals surface area contributed by atoms with Gasteiger partial charge in [0.1, 0.15) is 17.2 Å². The Hall–Kier alpha value is -2.44. The first-order valence-electron chi connectivity index (χ1n) is 4.62. The molecule has 4 N–H and O–H groups in total. The van der Waals surface area contributed by atoms with E-state index in [-0.39, 0.29) is 5.75 Å². The zero-order chi connectivity index (χ0) is 12.8. The second-order valence-electron chi connectivity index (χ2n) is 3.00. The molecular weight excluding hydrogens is 226 g/mol. The smallest absolute Gasteiger partial charge is 0.332 e. The molecule has 0 aliphatic heterocycles. The van der Waals surface area contributed by atoms with Crippen molar-refractivity contribution in [2.45, 2.75) is 0 Å². The lowest BCUT2D eigenvalue weighted by molar-refractivity contribution is 0.249. The molecular formula is C10H13N3O4. The molecule has 0 spiro atoms. The number of benzene rings is 1. The van der Waals surface area contributed by atoms with E-state index in [1.807, 2.05) is 5.43 Å². The molecule has 0 atom stereocenters. The SMILES string of the molecule is COc1cc(O)c(/C=N/NC(N)=O)c(OC)c1. The van der Waals surface area contributed by atoms with E-state index in [2.05, 4.69) is 5.10 Å². The van der Waals surface area contributed by atoms with Crippen molar-refractivity contribution in [2.75, 3.05) is 14.2 Å². The van der Waals surface area contributed by atoms with Crippen LogP contribution in [0.15, 0.2) is 17.2 Å². The van der Waals surface area contributed by atoms with Crippen molar-refractivity contribution >= 4 is 12.2 Å². The Morgan fingerprint density at radius 2 is 2.18 bits per heavy atom. The molecule has 0 unspecified atom stereocenters. The van der Waals surface area contributed by atoms with Crippen molar-refractivity contribution in [3.05, 3.63) is 17.7 Å². The van der Waals surface area contributed by atoms with Crippen LogP contribution in [0.5, 0.6) is 17.2 Å². The van der Waals surface area contributed by atoms with E-state index in [4.69, 9.17) is 15.2 Å². The summed E-state index contributed by atoms with van der Waals surface area (Å²) in [6.45, 7) is 0. The van der Waals surface area contributed by atoms with Gasteiger partial charge in [-0.1, -0.05) is 0 Å². The molecule has 0 aliphatic carbocycles. The summed E-state index contributed by atoms with van der Waals surface area (Å²) in [5.74, 6) is 0.715. The van der Waals surface area contributed by atoms with E-state index in [9.17, 15) is 9.90 Å². The number of hydrogen-bond acceptors (Lipinski definition) is 5. The van der Waals surface area contributed by atoms with Gasteiger partial charge >= 0.3 is 6.03 Å². The lowest BCUT2D eigenvalue weighted by Crippen LogP contribution is -2.24. The van der Waals surface area contributed by atoms with Gasteiger partial charge in [0.05, 0.1) is 26.0 Å². The number of primary amides is 1. The van der Waals surface area contributed by atoms with Gasteiger partial charge in [-0.3, -0.25) is 0 Å². The number of methoxy groups -OCH3 is 2. The van der Waals surface area contributed by atoms with Crippen LogP contribution < -0.4 is 20.6 Å². The summed E-state index contributed by atoms with van der Waals surface area (Å²) < 4.78 is 10.0. The second-order valence-corrected chi connectivity index (χ2v) is 3.00. The van der Waals surface area contributed by atoms with Gasteiger partial charge in [0.2, 0.25) is 0 Å². The third kappa shape index (κ3) is 3.26. The fourth-order valence-electron chi connectivity index (χ4n) is 1.16. The highest BCUT2D eigenvalue weighted by Gasteiger charge is 2.09. The molecule has 2 amide bonds. The molecule has 17 heavy (non-hydrogen) atoms. The average molecular weight is 239 g/mol. The van der Waals surface area contributed by atoms with E-state index in [1.165, 1.54) is 26.5 Å². The number of hydrogen-bond donors (Lipinski definition) is 3. The zero-order valence-electron chi connectivity index (χ0n) is 9.43. The van der Waals surface area contributed by atoms with Crippen LogP contribution in [0, 0.1) is 0 Å². The Morgan fingerprint density at radius 1 is 1.47 bits per heavy atom. The van der Waals surface area contributed by atoms with Crippen LogP contribution >= 0.6 is 0 Å². The third-order valence-electron chi connectivity index (χ3n) is 1.92. The number of nitrogens with one attached hydrogen (secondary N) is 1. The molecule has 0 aromatic heterocycles. The molecule has 1 aromatic carbocycles. The number of hydrazone groups is 1. The predicted molar refractivity (Wildman–Crippen MR) is 61.5 cm³/mol. The first kappa shape index (κ1) is 12.6. The Bertz CT molecular complexity index is 445. The fourth-order valence-corrected chi connectivity index (χ4v) is 1.16. The van der Waals surface area contributed by atoms with Crippen molar-refractivity contribution < 1.29 is 19.4 Å². The Labute approximate surface area is 97.8 Å². The largest absolute Gasteiger partial charge is 0.507 e. The number of aromatic hydroxyl groups is 1. The predicted octanol–water partition coefficient (Wildman–Crippen LogP) is 0.412.